The normalized spacial score (nSPS) is 17.4. The summed E-state index contributed by atoms with van der Waals surface area (Å²) in [5, 5.41) is 0. The van der Waals surface area contributed by atoms with Crippen LogP contribution in [-0.4, -0.2) is 48.9 Å². The second-order valence-electron chi connectivity index (χ2n) is 9.54. The molecule has 1 saturated heterocycles. The average Bonchev–Trinajstić information content (AvgIpc) is 3.24. The highest BCUT2D eigenvalue weighted by molar-refractivity contribution is 7.89. The Bertz CT molecular complexity index is 1470. The fourth-order valence-electron chi connectivity index (χ4n) is 4.64. The number of benzene rings is 2. The van der Waals surface area contributed by atoms with E-state index in [1.807, 2.05) is 25.1 Å². The third-order valence-electron chi connectivity index (χ3n) is 6.84. The second kappa shape index (κ2) is 11.3. The van der Waals surface area contributed by atoms with E-state index in [0.717, 1.165) is 41.5 Å². The van der Waals surface area contributed by atoms with Gasteiger partial charge >= 0.3 is 5.97 Å². The Kier molecular flexibility index (Phi) is 8.30. The van der Waals surface area contributed by atoms with Gasteiger partial charge in [0.2, 0.25) is 10.0 Å². The monoisotopic (exact) mass is 543 g/mol. The number of ether oxygens (including phenoxy) is 1. The number of sulfonamides is 1. The van der Waals surface area contributed by atoms with Crippen LogP contribution in [0.25, 0.3) is 10.2 Å². The number of aromatic nitrogens is 1. The van der Waals surface area contributed by atoms with Gasteiger partial charge in [0.15, 0.2) is 4.80 Å². The molecule has 1 aromatic heterocycles. The van der Waals surface area contributed by atoms with Gasteiger partial charge in [-0.1, -0.05) is 44.6 Å². The average molecular weight is 544 g/mol. The number of carbonyl (C=O) groups excluding carboxylic acids is 2. The molecule has 1 fully saturated rings. The highest BCUT2D eigenvalue weighted by Crippen LogP contribution is 2.27. The molecule has 1 aliphatic heterocycles. The van der Waals surface area contributed by atoms with Crippen LogP contribution in [0.4, 0.5) is 0 Å². The summed E-state index contributed by atoms with van der Waals surface area (Å²) in [5.74, 6) is -0.628. The summed E-state index contributed by atoms with van der Waals surface area (Å²) < 4.78 is 35.5. The quantitative estimate of drug-likeness (QED) is 0.403. The zero-order valence-corrected chi connectivity index (χ0v) is 23.3. The number of nitrogens with zero attached hydrogens (tertiary/aromatic N) is 3. The van der Waals surface area contributed by atoms with Crippen molar-refractivity contribution in [1.82, 2.24) is 8.87 Å². The molecule has 2 heterocycles. The van der Waals surface area contributed by atoms with Gasteiger partial charge in [0, 0.05) is 18.2 Å². The lowest BCUT2D eigenvalue weighted by atomic mass is 10.0. The fraction of sp³-hybridized carbons (Fsp3) is 0.444. The zero-order valence-electron chi connectivity index (χ0n) is 21.6. The molecule has 10 heteroatoms. The van der Waals surface area contributed by atoms with Gasteiger partial charge in [-0.05, 0) is 67.1 Å². The van der Waals surface area contributed by atoms with Crippen molar-refractivity contribution in [2.45, 2.75) is 69.9 Å². The van der Waals surface area contributed by atoms with Crippen molar-refractivity contribution < 1.29 is 22.7 Å². The van der Waals surface area contributed by atoms with E-state index in [1.54, 1.807) is 8.87 Å². The molecule has 2 aromatic carbocycles. The molecule has 0 saturated carbocycles. The number of hydrogen-bond donors (Lipinski definition) is 0. The number of amides is 1. The van der Waals surface area contributed by atoms with Gasteiger partial charge in [-0.15, -0.1) is 0 Å². The lowest BCUT2D eigenvalue weighted by Crippen LogP contribution is -2.43. The van der Waals surface area contributed by atoms with E-state index in [4.69, 9.17) is 4.74 Å². The van der Waals surface area contributed by atoms with E-state index >= 15 is 0 Å². The van der Waals surface area contributed by atoms with Crippen LogP contribution in [0.15, 0.2) is 52.4 Å². The molecular weight excluding hydrogens is 510 g/mol. The number of carbonyl (C=O) groups is 2. The Morgan fingerprint density at radius 3 is 2.51 bits per heavy atom. The molecule has 0 bridgehead atoms. The third kappa shape index (κ3) is 5.71. The lowest BCUT2D eigenvalue weighted by molar-refractivity contribution is -0.141. The summed E-state index contributed by atoms with van der Waals surface area (Å²) in [5.41, 5.74) is 2.21. The Morgan fingerprint density at radius 2 is 1.86 bits per heavy atom. The van der Waals surface area contributed by atoms with Crippen molar-refractivity contribution in [3.8, 4) is 0 Å². The highest BCUT2D eigenvalue weighted by atomic mass is 32.2. The molecule has 4 rings (SSSR count). The maximum absolute atomic E-state index is 13.3. The van der Waals surface area contributed by atoms with Gasteiger partial charge in [-0.25, -0.2) is 8.42 Å². The molecule has 0 N–H and O–H groups in total. The summed E-state index contributed by atoms with van der Waals surface area (Å²) in [6.07, 6.45) is 3.52. The van der Waals surface area contributed by atoms with Gasteiger partial charge < -0.3 is 9.30 Å². The van der Waals surface area contributed by atoms with Crippen LogP contribution in [0.2, 0.25) is 0 Å². The summed E-state index contributed by atoms with van der Waals surface area (Å²) in [7, 11) is -2.32. The summed E-state index contributed by atoms with van der Waals surface area (Å²) in [4.78, 5) is 30.0. The minimum atomic E-state index is -3.64. The lowest BCUT2D eigenvalue weighted by Gasteiger charge is -2.34. The molecule has 0 aliphatic carbocycles. The maximum Gasteiger partial charge on any atom is 0.325 e. The van der Waals surface area contributed by atoms with Crippen LogP contribution in [0.5, 0.6) is 0 Å². The van der Waals surface area contributed by atoms with E-state index in [2.05, 4.69) is 18.8 Å². The molecule has 0 radical (unpaired) electrons. The zero-order chi connectivity index (χ0) is 26.7. The summed E-state index contributed by atoms with van der Waals surface area (Å²) >= 11 is 1.32. The minimum Gasteiger partial charge on any atom is -0.468 e. The fourth-order valence-corrected chi connectivity index (χ4v) is 7.48. The minimum absolute atomic E-state index is 0.00416. The smallest absolute Gasteiger partial charge is 0.325 e. The van der Waals surface area contributed by atoms with E-state index in [-0.39, 0.29) is 23.0 Å². The number of hydrogen-bond acceptors (Lipinski definition) is 6. The van der Waals surface area contributed by atoms with E-state index in [0.29, 0.717) is 17.3 Å². The molecule has 37 heavy (non-hydrogen) atoms. The SMILES string of the molecule is CCC1CCCCN1S(=O)(=O)c1ccc(C(=O)N=c2sc3cc(C(C)C)ccc3n2CC(=O)OC)cc1. The Balaban J connectivity index is 1.68. The van der Waals surface area contributed by atoms with Gasteiger partial charge in [0.25, 0.3) is 5.91 Å². The number of piperidine rings is 1. The number of methoxy groups -OCH3 is 1. The van der Waals surface area contributed by atoms with Crippen molar-refractivity contribution in [3.05, 3.63) is 58.4 Å². The van der Waals surface area contributed by atoms with E-state index in [1.165, 1.54) is 42.7 Å². The Hall–Kier alpha value is -2.82. The highest BCUT2D eigenvalue weighted by Gasteiger charge is 2.32. The largest absolute Gasteiger partial charge is 0.468 e. The van der Waals surface area contributed by atoms with Crippen LogP contribution in [0.3, 0.4) is 0 Å². The van der Waals surface area contributed by atoms with Gasteiger partial charge in [-0.2, -0.15) is 9.30 Å². The second-order valence-corrected chi connectivity index (χ2v) is 12.4. The van der Waals surface area contributed by atoms with Crippen LogP contribution >= 0.6 is 11.3 Å². The molecule has 1 unspecified atom stereocenters. The Labute approximate surface area is 221 Å². The van der Waals surface area contributed by atoms with Crippen molar-refractivity contribution in [2.24, 2.45) is 4.99 Å². The van der Waals surface area contributed by atoms with Crippen LogP contribution in [0, 0.1) is 0 Å². The van der Waals surface area contributed by atoms with Gasteiger partial charge in [0.1, 0.15) is 6.54 Å². The van der Waals surface area contributed by atoms with E-state index < -0.39 is 21.9 Å². The predicted octanol–water partition coefficient (Wildman–Crippen LogP) is 4.69. The van der Waals surface area contributed by atoms with Crippen LogP contribution in [0.1, 0.15) is 68.3 Å². The Morgan fingerprint density at radius 1 is 1.14 bits per heavy atom. The summed E-state index contributed by atoms with van der Waals surface area (Å²) in [6.45, 7) is 6.65. The van der Waals surface area contributed by atoms with Gasteiger partial charge in [0.05, 0.1) is 22.2 Å². The standard InChI is InChI=1S/C27H33N3O5S2/c1-5-21-8-6-7-15-30(21)37(33,34)22-12-9-19(10-13-22)26(32)28-27-29(17-25(31)35-4)23-14-11-20(18(2)3)16-24(23)36-27/h9-14,16,18,21H,5-8,15,17H2,1-4H3. The third-order valence-corrected chi connectivity index (χ3v) is 9.84. The first-order valence-corrected chi connectivity index (χ1v) is 14.8. The molecule has 198 valence electrons. The van der Waals surface area contributed by atoms with Crippen LogP contribution < -0.4 is 4.80 Å². The summed E-state index contributed by atoms with van der Waals surface area (Å²) in [6, 6.07) is 11.9. The molecule has 0 spiro atoms. The molecular formula is C27H33N3O5S2. The number of fused-ring (bicyclic) bond motifs is 1. The first-order chi connectivity index (χ1) is 17.6. The van der Waals surface area contributed by atoms with Crippen molar-refractivity contribution in [2.75, 3.05) is 13.7 Å². The van der Waals surface area contributed by atoms with Crippen molar-refractivity contribution >= 4 is 43.5 Å². The molecule has 3 aromatic rings. The maximum atomic E-state index is 13.3. The molecule has 1 atom stereocenters. The first-order valence-electron chi connectivity index (χ1n) is 12.6. The molecule has 1 aliphatic rings. The number of thiazole rings is 1. The van der Waals surface area contributed by atoms with Gasteiger partial charge in [-0.3, -0.25) is 9.59 Å². The molecule has 8 nitrogen and oxygen atoms in total. The number of esters is 1. The number of rotatable bonds is 7. The van der Waals surface area contributed by atoms with Crippen LogP contribution in [-0.2, 0) is 26.1 Å². The first kappa shape index (κ1) is 27.2. The van der Waals surface area contributed by atoms with Crippen molar-refractivity contribution in [3.63, 3.8) is 0 Å². The topological polar surface area (TPSA) is 98.0 Å². The predicted molar refractivity (Wildman–Crippen MR) is 144 cm³/mol. The molecule has 1 amide bonds. The van der Waals surface area contributed by atoms with Crippen molar-refractivity contribution in [1.29, 1.82) is 0 Å². The van der Waals surface area contributed by atoms with E-state index in [9.17, 15) is 18.0 Å².